The molecule has 4 heterocycles. The maximum absolute atomic E-state index is 11.5. The van der Waals surface area contributed by atoms with Crippen LogP contribution < -0.4 is 9.41 Å². The molecule has 360 valence electrons. The van der Waals surface area contributed by atoms with Crippen molar-refractivity contribution < 1.29 is 108 Å². The Morgan fingerprint density at radius 3 is 0.903 bits per heavy atom. The van der Waals surface area contributed by atoms with Crippen molar-refractivity contribution in [2.45, 2.75) is 40.8 Å². The number of methoxy groups -OCH3 is 2. The average Bonchev–Trinajstić information content (AvgIpc) is 3.85. The molecule has 30 heteroatoms. The van der Waals surface area contributed by atoms with E-state index in [1.165, 1.54) is 35.8 Å². The van der Waals surface area contributed by atoms with Gasteiger partial charge in [0.05, 0.1) is 12.1 Å². The molecule has 2 N–H and O–H groups in total. The molecular formula is C32H50B2F8N10O8Pd2-2. The number of aromatic nitrogens is 8. The first kappa shape index (κ1) is 68.3. The van der Waals surface area contributed by atoms with Crippen molar-refractivity contribution in [1.29, 1.82) is 10.5 Å². The van der Waals surface area contributed by atoms with Crippen molar-refractivity contribution in [1.82, 2.24) is 36.5 Å². The van der Waals surface area contributed by atoms with E-state index in [2.05, 4.69) is 71.2 Å². The molecule has 0 saturated carbocycles. The van der Waals surface area contributed by atoms with Crippen molar-refractivity contribution in [3.05, 3.63) is 65.1 Å². The third kappa shape index (κ3) is 35.4. The van der Waals surface area contributed by atoms with E-state index in [4.69, 9.17) is 39.8 Å². The molecule has 18 nitrogen and oxygen atoms in total. The van der Waals surface area contributed by atoms with E-state index < -0.39 is 27.0 Å². The normalized spacial score (nSPS) is 8.65. The van der Waals surface area contributed by atoms with Crippen LogP contribution in [0.25, 0.3) is 0 Å². The number of carboxylic acids is 2. The summed E-state index contributed by atoms with van der Waals surface area (Å²) < 4.78 is 88.5. The minimum absolute atomic E-state index is 0. The van der Waals surface area contributed by atoms with Crippen molar-refractivity contribution in [2.24, 2.45) is 42.3 Å². The van der Waals surface area contributed by atoms with E-state index in [-0.39, 0.29) is 51.5 Å². The smallest absolute Gasteiger partial charge is 0.762 e. The molecule has 0 aromatic carbocycles. The topological polar surface area (TPSA) is 214 Å². The Bertz CT molecular complexity index is 2080. The van der Waals surface area contributed by atoms with Gasteiger partial charge in [0.1, 0.15) is 0 Å². The summed E-state index contributed by atoms with van der Waals surface area (Å²) in [6.07, 6.45) is 15.9. The van der Waals surface area contributed by atoms with E-state index in [1.807, 2.05) is 57.2 Å². The Kier molecular flexibility index (Phi) is 43.8. The van der Waals surface area contributed by atoms with Crippen LogP contribution in [0.5, 0.6) is 0 Å². The molecule has 0 atom stereocenters. The molecule has 0 amide bonds. The molecule has 62 heavy (non-hydrogen) atoms. The number of ether oxygens (including phenoxy) is 2. The maximum atomic E-state index is 11.5. The van der Waals surface area contributed by atoms with Crippen LogP contribution in [0.3, 0.4) is 0 Å². The number of imidazole rings is 4. The number of carbonyl (C=O) groups is 4. The summed E-state index contributed by atoms with van der Waals surface area (Å²) in [7, 11) is 7.64. The molecule has 0 aliphatic carbocycles. The Morgan fingerprint density at radius 1 is 0.548 bits per heavy atom. The number of carboxylic acid groups (broad SMARTS) is 2. The summed E-state index contributed by atoms with van der Waals surface area (Å²) in [5.41, 5.74) is 0. The Hall–Kier alpha value is -5.41. The van der Waals surface area contributed by atoms with Gasteiger partial charge in [0.15, 0.2) is 0 Å². The minimum Gasteiger partial charge on any atom is -1.00 e. The minimum atomic E-state index is -3.67. The second-order valence-electron chi connectivity index (χ2n) is 10.4. The Labute approximate surface area is 367 Å². The molecule has 4 aromatic rings. The zero-order valence-electron chi connectivity index (χ0n) is 35.7. The van der Waals surface area contributed by atoms with Gasteiger partial charge >= 0.3 is 251 Å². The summed E-state index contributed by atoms with van der Waals surface area (Å²) in [6.45, 7) is 5.35. The number of nitriles is 2. The van der Waals surface area contributed by atoms with E-state index in [1.54, 1.807) is 12.1 Å². The van der Waals surface area contributed by atoms with Gasteiger partial charge in [-0.1, -0.05) is 0 Å². The first-order chi connectivity index (χ1) is 27.8. The third-order valence-corrected chi connectivity index (χ3v) is 10.9. The fourth-order valence-corrected chi connectivity index (χ4v) is 7.19. The van der Waals surface area contributed by atoms with Gasteiger partial charge in [-0.2, -0.15) is 10.5 Å². The zero-order chi connectivity index (χ0) is 47.7. The molecule has 0 unspecified atom stereocenters. The number of aliphatic carboxylic acids is 2. The number of carbonyl (C=O) groups excluding carboxylic acids is 2. The fraction of sp³-hybridized carbons (Fsp3) is 0.438. The molecule has 0 bridgehead atoms. The molecule has 0 aliphatic heterocycles. The van der Waals surface area contributed by atoms with Crippen LogP contribution in [0.15, 0.2) is 49.6 Å². The van der Waals surface area contributed by atoms with Gasteiger partial charge in [0.2, 0.25) is 0 Å². The summed E-state index contributed by atoms with van der Waals surface area (Å²) in [5.74, 6) is -2.27. The number of rotatable bonds is 4. The van der Waals surface area contributed by atoms with Gasteiger partial charge in [0.25, 0.3) is 11.9 Å². The maximum Gasteiger partial charge on any atom is 0.762 e. The van der Waals surface area contributed by atoms with Crippen LogP contribution in [0.1, 0.15) is 27.7 Å². The van der Waals surface area contributed by atoms with E-state index in [9.17, 15) is 35.5 Å². The number of hydrogen-bond donors (Lipinski definition) is 2. The van der Waals surface area contributed by atoms with Crippen LogP contribution in [0.4, 0.5) is 25.9 Å². The van der Waals surface area contributed by atoms with Gasteiger partial charge < -0.3 is 19.6 Å². The van der Waals surface area contributed by atoms with Gasteiger partial charge in [-0.15, -0.1) is 0 Å². The number of hydrogen-bond acceptors (Lipinski definition) is 8. The molecule has 0 saturated heterocycles. The molecule has 0 spiro atoms. The Morgan fingerprint density at radius 2 is 0.710 bits per heavy atom. The second kappa shape index (κ2) is 39.7. The van der Waals surface area contributed by atoms with E-state index in [0.29, 0.717) is 17.1 Å². The van der Waals surface area contributed by atoms with Gasteiger partial charge in [-0.25, -0.2) is 0 Å². The second-order valence-corrected chi connectivity index (χ2v) is 13.9. The number of esters is 2. The predicted molar refractivity (Wildman–Crippen MR) is 200 cm³/mol. The number of halogens is 8. The number of aryl methyl sites for hydroxylation is 6. The van der Waals surface area contributed by atoms with Gasteiger partial charge in [0, 0.05) is 27.7 Å². The summed E-state index contributed by atoms with van der Waals surface area (Å²) in [5, 5.41) is 29.5. The molecule has 4 rings (SSSR count). The first-order valence-corrected chi connectivity index (χ1v) is 19.2. The summed E-state index contributed by atoms with van der Waals surface area (Å²) in [4.78, 5) is 41.1. The van der Waals surface area contributed by atoms with Crippen molar-refractivity contribution >= 4 is 39.0 Å². The van der Waals surface area contributed by atoms with Crippen LogP contribution in [-0.4, -0.2) is 99.9 Å². The molecule has 4 aromatic heterocycles. The summed E-state index contributed by atoms with van der Waals surface area (Å²) in [6, 6.07) is 3.50. The average molecular weight is 1090 g/mol. The monoisotopic (exact) mass is 1090 g/mol. The van der Waals surface area contributed by atoms with Crippen molar-refractivity contribution in [3.8, 4) is 12.1 Å². The van der Waals surface area contributed by atoms with Crippen molar-refractivity contribution in [3.63, 3.8) is 0 Å². The van der Waals surface area contributed by atoms with Gasteiger partial charge in [-0.3, -0.25) is 35.5 Å². The molecular weight excluding hydrogens is 1040 g/mol. The predicted octanol–water partition coefficient (Wildman–Crippen LogP) is -1.94. The SMILES string of the molecule is CC#N.CC#N.CC(=O)O.CC(=O)O.COC(=O)Cn1ccn(C)[c]1=[Pd]=[c]1n(C)ccn1CC(=O)OC.Cn1ccn(C)[c]1=[Pd]=[c]1n(C)ccn1C.FB(F)F.FB(F)F.[F-].[F-]. The van der Waals surface area contributed by atoms with E-state index in [0.717, 1.165) is 21.6 Å². The van der Waals surface area contributed by atoms with Crippen LogP contribution in [0, 0.1) is 38.2 Å². The van der Waals surface area contributed by atoms with Crippen LogP contribution in [0.2, 0.25) is 0 Å². The first-order valence-electron chi connectivity index (χ1n) is 16.1. The molecule has 0 fully saturated rings. The zero-order valence-corrected chi connectivity index (χ0v) is 38.8. The quantitative estimate of drug-likeness (QED) is 0.131. The van der Waals surface area contributed by atoms with E-state index >= 15 is 0 Å². The largest absolute Gasteiger partial charge is 1.00 e. The fourth-order valence-electron chi connectivity index (χ4n) is 3.30. The van der Waals surface area contributed by atoms with Crippen LogP contribution >= 0.6 is 0 Å². The van der Waals surface area contributed by atoms with Crippen LogP contribution in [-0.2, 0) is 118 Å². The third-order valence-electron chi connectivity index (χ3n) is 5.36. The summed E-state index contributed by atoms with van der Waals surface area (Å²) >= 11 is 0.477. The number of nitrogens with zero attached hydrogens (tertiary/aromatic N) is 10. The Balaban J connectivity index is -0.000000172. The molecule has 0 aliphatic rings. The standard InChI is InChI=1S/2C7H10N2O2.2C5H8N2.2C2H3N.2C2H4O2.2BF3.2FH.2Pd/c2*1-8-3-4-9(6-8)5-7(10)11-2;2*1-6-3-4-7(2)5-6;2*1-2-3;2*1-2(3)4;2*2-1(3)4;;;;/h2*3-4H,5H2,1-2H3;2*3-4H,1-2H3;2*1H3;2*1H3,(H,3,4);;;2*1H;;/p-2. The molecule has 0 radical (unpaired) electrons. The van der Waals surface area contributed by atoms with Gasteiger partial charge in [-0.05, 0) is 0 Å². The van der Waals surface area contributed by atoms with Crippen molar-refractivity contribution in [2.75, 3.05) is 14.2 Å².